The Labute approximate surface area is 116 Å². The average Bonchev–Trinajstić information content (AvgIpc) is 2.84. The SMILES string of the molecule is CC(=O)OC1CC[C@@H](COC(=O)c2ccccc2)S1. The summed E-state index contributed by atoms with van der Waals surface area (Å²) in [6.07, 6.45) is 1.71. The minimum atomic E-state index is -0.308. The van der Waals surface area contributed by atoms with E-state index in [2.05, 4.69) is 0 Å². The first-order chi connectivity index (χ1) is 9.15. The predicted octanol–water partition coefficient (Wildman–Crippen LogP) is 2.63. The lowest BCUT2D eigenvalue weighted by molar-refractivity contribution is -0.142. The van der Waals surface area contributed by atoms with Crippen molar-refractivity contribution in [2.24, 2.45) is 0 Å². The van der Waals surface area contributed by atoms with Gasteiger partial charge in [0, 0.05) is 12.2 Å². The molecule has 0 radical (unpaired) electrons. The minimum Gasteiger partial charge on any atom is -0.461 e. The Morgan fingerprint density at radius 2 is 2.00 bits per heavy atom. The Kier molecular flexibility index (Phi) is 4.85. The van der Waals surface area contributed by atoms with Crippen molar-refractivity contribution in [3.05, 3.63) is 35.9 Å². The summed E-state index contributed by atoms with van der Waals surface area (Å²) in [5.74, 6) is -0.573. The number of carbonyl (C=O) groups excluding carboxylic acids is 2. The summed E-state index contributed by atoms with van der Waals surface area (Å²) < 4.78 is 10.4. The lowest BCUT2D eigenvalue weighted by Gasteiger charge is -2.12. The van der Waals surface area contributed by atoms with Gasteiger partial charge in [-0.1, -0.05) is 18.2 Å². The van der Waals surface area contributed by atoms with E-state index in [4.69, 9.17) is 9.47 Å². The van der Waals surface area contributed by atoms with Crippen molar-refractivity contribution < 1.29 is 19.1 Å². The van der Waals surface area contributed by atoms with Crippen molar-refractivity contribution >= 4 is 23.7 Å². The summed E-state index contributed by atoms with van der Waals surface area (Å²) in [6, 6.07) is 8.92. The van der Waals surface area contributed by atoms with Gasteiger partial charge in [0.1, 0.15) is 12.0 Å². The molecule has 4 nitrogen and oxygen atoms in total. The molecule has 1 aromatic carbocycles. The minimum absolute atomic E-state index is 0.0991. The first kappa shape index (κ1) is 13.9. The summed E-state index contributed by atoms with van der Waals surface area (Å²) in [6.45, 7) is 1.76. The molecule has 2 rings (SSSR count). The second-order valence-electron chi connectivity index (χ2n) is 4.34. The monoisotopic (exact) mass is 280 g/mol. The Balaban J connectivity index is 1.75. The standard InChI is InChI=1S/C14H16O4S/c1-10(15)18-13-8-7-12(19-13)9-17-14(16)11-5-3-2-4-6-11/h2-6,12-13H,7-9H2,1H3/t12-,13?/m0/s1. The average molecular weight is 280 g/mol. The topological polar surface area (TPSA) is 52.6 Å². The van der Waals surface area contributed by atoms with Gasteiger partial charge in [0.25, 0.3) is 0 Å². The van der Waals surface area contributed by atoms with E-state index in [0.717, 1.165) is 12.8 Å². The molecule has 0 aliphatic carbocycles. The molecule has 0 aromatic heterocycles. The molecule has 5 heteroatoms. The normalized spacial score (nSPS) is 21.9. The molecule has 0 spiro atoms. The molecular weight excluding hydrogens is 264 g/mol. The van der Waals surface area contributed by atoms with Gasteiger partial charge in [-0.25, -0.2) is 4.79 Å². The zero-order valence-electron chi connectivity index (χ0n) is 10.7. The van der Waals surface area contributed by atoms with Crippen LogP contribution in [0.15, 0.2) is 30.3 Å². The maximum atomic E-state index is 11.7. The van der Waals surface area contributed by atoms with Gasteiger partial charge in [-0.15, -0.1) is 11.8 Å². The molecule has 1 unspecified atom stereocenters. The molecule has 1 aromatic rings. The number of esters is 2. The van der Waals surface area contributed by atoms with Crippen LogP contribution in [0.2, 0.25) is 0 Å². The fraction of sp³-hybridized carbons (Fsp3) is 0.429. The van der Waals surface area contributed by atoms with E-state index in [0.29, 0.717) is 12.2 Å². The summed E-state index contributed by atoms with van der Waals surface area (Å²) in [7, 11) is 0. The summed E-state index contributed by atoms with van der Waals surface area (Å²) in [5, 5.41) is 0.206. The number of ether oxygens (including phenoxy) is 2. The van der Waals surface area contributed by atoms with Gasteiger partial charge >= 0.3 is 11.9 Å². The highest BCUT2D eigenvalue weighted by molar-refractivity contribution is 8.00. The molecule has 102 valence electrons. The van der Waals surface area contributed by atoms with Crippen molar-refractivity contribution in [1.82, 2.24) is 0 Å². The largest absolute Gasteiger partial charge is 0.461 e. The molecule has 0 amide bonds. The second-order valence-corrected chi connectivity index (χ2v) is 5.80. The van der Waals surface area contributed by atoms with Gasteiger partial charge in [-0.2, -0.15) is 0 Å². The van der Waals surface area contributed by atoms with Crippen LogP contribution in [0.4, 0.5) is 0 Å². The molecule has 2 atom stereocenters. The molecule has 19 heavy (non-hydrogen) atoms. The maximum Gasteiger partial charge on any atom is 0.338 e. The summed E-state index contributed by atoms with van der Waals surface area (Å²) >= 11 is 1.56. The number of thioether (sulfide) groups is 1. The zero-order valence-corrected chi connectivity index (χ0v) is 11.5. The fourth-order valence-corrected chi connectivity index (χ4v) is 3.20. The highest BCUT2D eigenvalue weighted by Crippen LogP contribution is 2.34. The molecule has 1 fully saturated rings. The van der Waals surface area contributed by atoms with Gasteiger partial charge in [-0.3, -0.25) is 4.79 Å². The maximum absolute atomic E-state index is 11.7. The molecule has 0 saturated carbocycles. The molecule has 1 saturated heterocycles. The van der Waals surface area contributed by atoms with E-state index in [1.165, 1.54) is 6.92 Å². The van der Waals surface area contributed by atoms with E-state index in [-0.39, 0.29) is 22.6 Å². The molecule has 1 heterocycles. The van der Waals surface area contributed by atoms with Crippen LogP contribution in [0.5, 0.6) is 0 Å². The van der Waals surface area contributed by atoms with Gasteiger partial charge in [0.2, 0.25) is 0 Å². The number of hydrogen-bond donors (Lipinski definition) is 0. The molecular formula is C14H16O4S. The van der Waals surface area contributed by atoms with Crippen LogP contribution < -0.4 is 0 Å². The van der Waals surface area contributed by atoms with Crippen LogP contribution in [0.25, 0.3) is 0 Å². The van der Waals surface area contributed by atoms with Crippen molar-refractivity contribution in [1.29, 1.82) is 0 Å². The molecule has 1 aliphatic rings. The number of carbonyl (C=O) groups is 2. The number of rotatable bonds is 4. The smallest absolute Gasteiger partial charge is 0.338 e. The van der Waals surface area contributed by atoms with Crippen LogP contribution >= 0.6 is 11.8 Å². The predicted molar refractivity (Wildman–Crippen MR) is 72.9 cm³/mol. The Morgan fingerprint density at radius 3 is 2.68 bits per heavy atom. The third-order valence-corrected chi connectivity index (χ3v) is 4.17. The van der Waals surface area contributed by atoms with Crippen LogP contribution in [0.1, 0.15) is 30.1 Å². The van der Waals surface area contributed by atoms with Crippen LogP contribution in [0, 0.1) is 0 Å². The Hall–Kier alpha value is -1.49. The van der Waals surface area contributed by atoms with E-state index >= 15 is 0 Å². The first-order valence-corrected chi connectivity index (χ1v) is 7.14. The molecule has 0 bridgehead atoms. The summed E-state index contributed by atoms with van der Waals surface area (Å²) in [5.41, 5.74) is 0.458. The fourth-order valence-electron chi connectivity index (χ4n) is 1.89. The second kappa shape index (κ2) is 6.61. The quantitative estimate of drug-likeness (QED) is 0.794. The van der Waals surface area contributed by atoms with Gasteiger partial charge in [0.05, 0.1) is 5.56 Å². The van der Waals surface area contributed by atoms with Gasteiger partial charge in [0.15, 0.2) is 0 Å². The lowest BCUT2D eigenvalue weighted by atomic mass is 10.2. The third-order valence-electron chi connectivity index (χ3n) is 2.78. The molecule has 1 aliphatic heterocycles. The lowest BCUT2D eigenvalue weighted by Crippen LogP contribution is -2.14. The van der Waals surface area contributed by atoms with E-state index in [1.807, 2.05) is 6.07 Å². The van der Waals surface area contributed by atoms with Crippen molar-refractivity contribution in [3.63, 3.8) is 0 Å². The van der Waals surface area contributed by atoms with Gasteiger partial charge in [-0.05, 0) is 25.0 Å². The Bertz CT molecular complexity index is 446. The van der Waals surface area contributed by atoms with Gasteiger partial charge < -0.3 is 9.47 Å². The third kappa shape index (κ3) is 4.28. The van der Waals surface area contributed by atoms with Crippen molar-refractivity contribution in [2.45, 2.75) is 30.5 Å². The summed E-state index contributed by atoms with van der Waals surface area (Å²) in [4.78, 5) is 22.6. The van der Waals surface area contributed by atoms with Crippen molar-refractivity contribution in [3.8, 4) is 0 Å². The number of benzene rings is 1. The van der Waals surface area contributed by atoms with Crippen LogP contribution in [0.3, 0.4) is 0 Å². The Morgan fingerprint density at radius 1 is 1.26 bits per heavy atom. The van der Waals surface area contributed by atoms with Crippen LogP contribution in [-0.2, 0) is 14.3 Å². The van der Waals surface area contributed by atoms with Crippen molar-refractivity contribution in [2.75, 3.05) is 6.61 Å². The zero-order chi connectivity index (χ0) is 13.7. The number of hydrogen-bond acceptors (Lipinski definition) is 5. The van der Waals surface area contributed by atoms with E-state index in [1.54, 1.807) is 36.0 Å². The highest BCUT2D eigenvalue weighted by atomic mass is 32.2. The molecule has 0 N–H and O–H groups in total. The van der Waals surface area contributed by atoms with E-state index in [9.17, 15) is 9.59 Å². The first-order valence-electron chi connectivity index (χ1n) is 6.20. The highest BCUT2D eigenvalue weighted by Gasteiger charge is 2.28. The van der Waals surface area contributed by atoms with Crippen LogP contribution in [-0.4, -0.2) is 29.2 Å². The van der Waals surface area contributed by atoms with E-state index < -0.39 is 0 Å².